The summed E-state index contributed by atoms with van der Waals surface area (Å²) in [5.74, 6) is 0.834. The second kappa shape index (κ2) is 11.0. The third-order valence-electron chi connectivity index (χ3n) is 4.78. The topological polar surface area (TPSA) is 51.1 Å². The standard InChI is InChI=1S/C24H26BrFN2O3S/c1-5-15(4)31-22-19(25)12-16(13-20(22)30-7-3)14-21-23(29)28(6-2)24(32-21)27-18-10-8-17(26)9-11-18/h8-15H,5-7H2,1-4H3/b21-14+,27-24?/t15-/m0/s1. The summed E-state index contributed by atoms with van der Waals surface area (Å²) in [6, 6.07) is 9.66. The maximum absolute atomic E-state index is 13.2. The van der Waals surface area contributed by atoms with E-state index in [1.54, 1.807) is 17.0 Å². The van der Waals surface area contributed by atoms with Gasteiger partial charge in [0, 0.05) is 6.54 Å². The lowest BCUT2D eigenvalue weighted by Gasteiger charge is -2.18. The first-order valence-electron chi connectivity index (χ1n) is 10.5. The van der Waals surface area contributed by atoms with Crippen LogP contribution in [0.1, 0.15) is 39.7 Å². The second-order valence-corrected chi connectivity index (χ2v) is 8.99. The van der Waals surface area contributed by atoms with E-state index in [-0.39, 0.29) is 17.8 Å². The zero-order valence-corrected chi connectivity index (χ0v) is 20.9. The summed E-state index contributed by atoms with van der Waals surface area (Å²) in [7, 11) is 0. The lowest BCUT2D eigenvalue weighted by molar-refractivity contribution is -0.122. The molecule has 1 saturated heterocycles. The average Bonchev–Trinajstić information content (AvgIpc) is 3.06. The first-order valence-corrected chi connectivity index (χ1v) is 12.2. The van der Waals surface area contributed by atoms with Crippen LogP contribution >= 0.6 is 27.7 Å². The average molecular weight is 521 g/mol. The summed E-state index contributed by atoms with van der Waals surface area (Å²) < 4.78 is 25.8. The maximum Gasteiger partial charge on any atom is 0.266 e. The Bertz CT molecular complexity index is 1040. The minimum atomic E-state index is -0.325. The van der Waals surface area contributed by atoms with Gasteiger partial charge < -0.3 is 9.47 Å². The molecular formula is C24H26BrFN2O3S. The van der Waals surface area contributed by atoms with Gasteiger partial charge in [-0.3, -0.25) is 9.69 Å². The highest BCUT2D eigenvalue weighted by Gasteiger charge is 2.32. The van der Waals surface area contributed by atoms with Gasteiger partial charge in [0.2, 0.25) is 0 Å². The largest absolute Gasteiger partial charge is 0.490 e. The van der Waals surface area contributed by atoms with Crippen molar-refractivity contribution in [1.82, 2.24) is 4.90 Å². The quantitative estimate of drug-likeness (QED) is 0.359. The molecule has 0 aliphatic carbocycles. The molecular weight excluding hydrogens is 495 g/mol. The first kappa shape index (κ1) is 24.3. The molecule has 1 heterocycles. The number of thioether (sulfide) groups is 1. The number of likely N-dealkylation sites (N-methyl/N-ethyl adjacent to an activating group) is 1. The minimum absolute atomic E-state index is 0.0463. The first-order chi connectivity index (χ1) is 15.4. The Labute approximate surface area is 200 Å². The Morgan fingerprint density at radius 2 is 1.94 bits per heavy atom. The number of nitrogens with zero attached hydrogens (tertiary/aromatic N) is 2. The van der Waals surface area contributed by atoms with Gasteiger partial charge in [-0.2, -0.15) is 0 Å². The van der Waals surface area contributed by atoms with Crippen LogP contribution in [0, 0.1) is 5.82 Å². The lowest BCUT2D eigenvalue weighted by Crippen LogP contribution is -2.28. The number of halogens is 2. The van der Waals surface area contributed by atoms with Gasteiger partial charge in [-0.15, -0.1) is 0 Å². The highest BCUT2D eigenvalue weighted by molar-refractivity contribution is 9.10. The molecule has 8 heteroatoms. The number of hydrogen-bond donors (Lipinski definition) is 0. The molecule has 1 amide bonds. The molecule has 0 unspecified atom stereocenters. The number of rotatable bonds is 8. The fourth-order valence-corrected chi connectivity index (χ4v) is 4.60. The molecule has 32 heavy (non-hydrogen) atoms. The van der Waals surface area contributed by atoms with Crippen LogP contribution in [0.2, 0.25) is 0 Å². The van der Waals surface area contributed by atoms with E-state index in [9.17, 15) is 9.18 Å². The molecule has 0 radical (unpaired) electrons. The fourth-order valence-electron chi connectivity index (χ4n) is 2.98. The van der Waals surface area contributed by atoms with Crippen molar-refractivity contribution >= 4 is 50.5 Å². The Kier molecular flexibility index (Phi) is 8.37. The zero-order valence-electron chi connectivity index (χ0n) is 18.5. The normalized spacial score (nSPS) is 17.3. The Morgan fingerprint density at radius 1 is 1.22 bits per heavy atom. The molecule has 0 aromatic heterocycles. The van der Waals surface area contributed by atoms with Crippen molar-refractivity contribution in [1.29, 1.82) is 0 Å². The van der Waals surface area contributed by atoms with Crippen molar-refractivity contribution in [3.05, 3.63) is 57.2 Å². The van der Waals surface area contributed by atoms with E-state index >= 15 is 0 Å². The van der Waals surface area contributed by atoms with Gasteiger partial charge in [-0.1, -0.05) is 6.92 Å². The van der Waals surface area contributed by atoms with Crippen molar-refractivity contribution in [3.8, 4) is 11.5 Å². The molecule has 5 nitrogen and oxygen atoms in total. The van der Waals surface area contributed by atoms with Gasteiger partial charge in [0.15, 0.2) is 16.7 Å². The molecule has 1 atom stereocenters. The number of hydrogen-bond acceptors (Lipinski definition) is 5. The summed E-state index contributed by atoms with van der Waals surface area (Å²) in [6.45, 7) is 8.86. The second-order valence-electron chi connectivity index (χ2n) is 7.13. The van der Waals surface area contributed by atoms with E-state index < -0.39 is 0 Å². The van der Waals surface area contributed by atoms with Crippen LogP contribution in [-0.2, 0) is 4.79 Å². The Morgan fingerprint density at radius 3 is 2.56 bits per heavy atom. The van der Waals surface area contributed by atoms with Gasteiger partial charge in [0.25, 0.3) is 5.91 Å². The number of benzene rings is 2. The highest BCUT2D eigenvalue weighted by Crippen LogP contribution is 2.40. The van der Waals surface area contributed by atoms with Gasteiger partial charge in [-0.05, 0) is 103 Å². The molecule has 0 bridgehead atoms. The Balaban J connectivity index is 1.94. The summed E-state index contributed by atoms with van der Waals surface area (Å²) in [4.78, 5) is 19.7. The van der Waals surface area contributed by atoms with Crippen LogP contribution in [-0.4, -0.2) is 35.2 Å². The summed E-state index contributed by atoms with van der Waals surface area (Å²) in [6.07, 6.45) is 2.74. The molecule has 1 aliphatic rings. The van der Waals surface area contributed by atoms with E-state index in [1.165, 1.54) is 23.9 Å². The summed E-state index contributed by atoms with van der Waals surface area (Å²) >= 11 is 4.88. The molecule has 2 aromatic rings. The van der Waals surface area contributed by atoms with Crippen LogP contribution in [0.3, 0.4) is 0 Å². The van der Waals surface area contributed by atoms with Gasteiger partial charge in [0.05, 0.1) is 27.8 Å². The van der Waals surface area contributed by atoms with E-state index in [0.717, 1.165) is 16.5 Å². The van der Waals surface area contributed by atoms with Crippen LogP contribution in [0.15, 0.2) is 50.8 Å². The molecule has 2 aromatic carbocycles. The minimum Gasteiger partial charge on any atom is -0.490 e. The van der Waals surface area contributed by atoms with E-state index in [0.29, 0.717) is 40.4 Å². The molecule has 1 fully saturated rings. The number of ether oxygens (including phenoxy) is 2. The maximum atomic E-state index is 13.2. The number of carbonyl (C=O) groups is 1. The summed E-state index contributed by atoms with van der Waals surface area (Å²) in [5.41, 5.74) is 1.40. The van der Waals surface area contributed by atoms with Crippen molar-refractivity contribution in [3.63, 3.8) is 0 Å². The molecule has 3 rings (SSSR count). The van der Waals surface area contributed by atoms with Crippen LogP contribution in [0.4, 0.5) is 10.1 Å². The van der Waals surface area contributed by atoms with Gasteiger partial charge >= 0.3 is 0 Å². The van der Waals surface area contributed by atoms with Crippen LogP contribution in [0.5, 0.6) is 11.5 Å². The number of amides is 1. The van der Waals surface area contributed by atoms with Crippen molar-refractivity contribution in [2.24, 2.45) is 4.99 Å². The van der Waals surface area contributed by atoms with E-state index in [2.05, 4.69) is 27.8 Å². The molecule has 0 saturated carbocycles. The zero-order chi connectivity index (χ0) is 23.3. The third kappa shape index (κ3) is 5.72. The predicted octanol–water partition coefficient (Wildman–Crippen LogP) is 6.79. The van der Waals surface area contributed by atoms with Gasteiger partial charge in [0.1, 0.15) is 5.82 Å². The van der Waals surface area contributed by atoms with Crippen LogP contribution < -0.4 is 9.47 Å². The third-order valence-corrected chi connectivity index (χ3v) is 6.37. The summed E-state index contributed by atoms with van der Waals surface area (Å²) in [5, 5.41) is 0.566. The predicted molar refractivity (Wildman–Crippen MR) is 132 cm³/mol. The Hall–Kier alpha value is -2.32. The van der Waals surface area contributed by atoms with Crippen molar-refractivity contribution < 1.29 is 18.7 Å². The van der Waals surface area contributed by atoms with Crippen molar-refractivity contribution in [2.45, 2.75) is 40.2 Å². The SMILES string of the molecule is CCOc1cc(/C=C2/SC(=Nc3ccc(F)cc3)N(CC)C2=O)cc(Br)c1O[C@@H](C)CC. The fraction of sp³-hybridized carbons (Fsp3) is 0.333. The monoisotopic (exact) mass is 520 g/mol. The smallest absolute Gasteiger partial charge is 0.266 e. The van der Waals surface area contributed by atoms with Crippen LogP contribution in [0.25, 0.3) is 6.08 Å². The number of amidine groups is 1. The van der Waals surface area contributed by atoms with E-state index in [4.69, 9.17) is 9.47 Å². The molecule has 0 N–H and O–H groups in total. The molecule has 1 aliphatic heterocycles. The number of aliphatic imine (C=N–C) groups is 1. The van der Waals surface area contributed by atoms with E-state index in [1.807, 2.05) is 39.0 Å². The highest BCUT2D eigenvalue weighted by atomic mass is 79.9. The molecule has 170 valence electrons. The molecule has 0 spiro atoms. The lowest BCUT2D eigenvalue weighted by atomic mass is 10.1. The number of carbonyl (C=O) groups excluding carboxylic acids is 1. The van der Waals surface area contributed by atoms with Crippen molar-refractivity contribution in [2.75, 3.05) is 13.2 Å². The van der Waals surface area contributed by atoms with Gasteiger partial charge in [-0.25, -0.2) is 9.38 Å².